The SMILES string of the molecule is CC.CC(=O)C(C)(C)CCO.CC(=O)OCc1ccc(NC(=O)CNC(=O)C(NC(=O)CC(C)C)C(C)C)cc1.CCCNC(N)=O. The molecular formula is C34H61N5O8. The Morgan fingerprint density at radius 2 is 1.47 bits per heavy atom. The van der Waals surface area contributed by atoms with E-state index in [9.17, 15) is 28.8 Å². The number of nitrogens with two attached hydrogens (primary N) is 1. The van der Waals surface area contributed by atoms with Crippen LogP contribution in [0.3, 0.4) is 0 Å². The molecule has 0 aliphatic heterocycles. The predicted octanol–water partition coefficient (Wildman–Crippen LogP) is 4.07. The van der Waals surface area contributed by atoms with E-state index in [-0.39, 0.29) is 60.6 Å². The van der Waals surface area contributed by atoms with E-state index in [1.165, 1.54) is 6.92 Å². The molecule has 0 saturated heterocycles. The predicted molar refractivity (Wildman–Crippen MR) is 185 cm³/mol. The molecule has 270 valence electrons. The lowest BCUT2D eigenvalue weighted by molar-refractivity contribution is -0.142. The third kappa shape index (κ3) is 26.9. The van der Waals surface area contributed by atoms with Crippen molar-refractivity contribution < 1.29 is 38.6 Å². The zero-order valence-corrected chi connectivity index (χ0v) is 30.4. The van der Waals surface area contributed by atoms with Crippen LogP contribution < -0.4 is 27.0 Å². The maximum Gasteiger partial charge on any atom is 0.312 e. The van der Waals surface area contributed by atoms with Crippen LogP contribution in [0.5, 0.6) is 0 Å². The summed E-state index contributed by atoms with van der Waals surface area (Å²) in [7, 11) is 0. The fourth-order valence-corrected chi connectivity index (χ4v) is 3.19. The number of carbonyl (C=O) groups is 6. The van der Waals surface area contributed by atoms with Gasteiger partial charge in [-0.25, -0.2) is 4.79 Å². The molecule has 0 bridgehead atoms. The number of ketones is 1. The zero-order valence-electron chi connectivity index (χ0n) is 30.4. The molecule has 1 atom stereocenters. The molecule has 1 unspecified atom stereocenters. The second-order valence-electron chi connectivity index (χ2n) is 11.8. The molecule has 0 spiro atoms. The van der Waals surface area contributed by atoms with Crippen LogP contribution in [0.1, 0.15) is 101 Å². The summed E-state index contributed by atoms with van der Waals surface area (Å²) in [4.78, 5) is 67.9. The lowest BCUT2D eigenvalue weighted by Gasteiger charge is -2.22. The average Bonchev–Trinajstić information content (AvgIpc) is 2.98. The number of aliphatic hydroxyl groups is 1. The van der Waals surface area contributed by atoms with Crippen molar-refractivity contribution in [3.63, 3.8) is 0 Å². The minimum Gasteiger partial charge on any atom is -0.461 e. The van der Waals surface area contributed by atoms with Crippen molar-refractivity contribution in [1.82, 2.24) is 16.0 Å². The minimum absolute atomic E-state index is 0.0899. The van der Waals surface area contributed by atoms with E-state index in [4.69, 9.17) is 15.6 Å². The maximum absolute atomic E-state index is 12.4. The topological polar surface area (TPSA) is 206 Å². The highest BCUT2D eigenvalue weighted by Crippen LogP contribution is 2.20. The number of aliphatic hydroxyl groups excluding tert-OH is 1. The number of rotatable bonds is 15. The summed E-state index contributed by atoms with van der Waals surface area (Å²) >= 11 is 0. The summed E-state index contributed by atoms with van der Waals surface area (Å²) < 4.78 is 4.90. The van der Waals surface area contributed by atoms with E-state index in [0.29, 0.717) is 25.1 Å². The lowest BCUT2D eigenvalue weighted by Crippen LogP contribution is -2.51. The van der Waals surface area contributed by atoms with Crippen LogP contribution in [0.15, 0.2) is 24.3 Å². The highest BCUT2D eigenvalue weighted by molar-refractivity contribution is 5.96. The molecule has 0 aliphatic rings. The monoisotopic (exact) mass is 667 g/mol. The number of ether oxygens (including phenoxy) is 1. The molecule has 0 aliphatic carbocycles. The van der Waals surface area contributed by atoms with Crippen molar-refractivity contribution in [2.24, 2.45) is 23.0 Å². The Morgan fingerprint density at radius 1 is 0.915 bits per heavy atom. The quantitative estimate of drug-likeness (QED) is 0.150. The van der Waals surface area contributed by atoms with Crippen molar-refractivity contribution in [3.05, 3.63) is 29.8 Å². The van der Waals surface area contributed by atoms with Gasteiger partial charge in [0.2, 0.25) is 17.7 Å². The molecule has 0 radical (unpaired) electrons. The highest BCUT2D eigenvalue weighted by atomic mass is 16.5. The normalized spacial score (nSPS) is 10.8. The number of urea groups is 1. The van der Waals surface area contributed by atoms with Crippen LogP contribution in [-0.2, 0) is 35.3 Å². The van der Waals surface area contributed by atoms with Crippen LogP contribution in [0.25, 0.3) is 0 Å². The van der Waals surface area contributed by atoms with E-state index in [0.717, 1.165) is 12.0 Å². The summed E-state index contributed by atoms with van der Waals surface area (Å²) in [6, 6.07) is 5.69. The fourth-order valence-electron chi connectivity index (χ4n) is 3.19. The van der Waals surface area contributed by atoms with Gasteiger partial charge in [0.15, 0.2) is 0 Å². The molecule has 0 saturated carbocycles. The third-order valence-corrected chi connectivity index (χ3v) is 6.20. The van der Waals surface area contributed by atoms with Gasteiger partial charge in [-0.3, -0.25) is 24.0 Å². The van der Waals surface area contributed by atoms with Gasteiger partial charge in [0.1, 0.15) is 18.4 Å². The molecule has 0 heterocycles. The van der Waals surface area contributed by atoms with Crippen molar-refractivity contribution >= 4 is 41.2 Å². The van der Waals surface area contributed by atoms with Crippen LogP contribution in [-0.4, -0.2) is 66.3 Å². The first-order chi connectivity index (χ1) is 21.9. The summed E-state index contributed by atoms with van der Waals surface area (Å²) in [5.41, 5.74) is 5.74. The van der Waals surface area contributed by atoms with Crippen LogP contribution in [0.2, 0.25) is 0 Å². The van der Waals surface area contributed by atoms with Crippen molar-refractivity contribution in [1.29, 1.82) is 0 Å². The maximum atomic E-state index is 12.4. The molecule has 1 aromatic carbocycles. The van der Waals surface area contributed by atoms with Crippen LogP contribution in [0.4, 0.5) is 10.5 Å². The number of amides is 5. The Hall–Kier alpha value is -4.00. The van der Waals surface area contributed by atoms with Crippen LogP contribution >= 0.6 is 0 Å². The number of benzene rings is 1. The molecular weight excluding hydrogens is 606 g/mol. The van der Waals surface area contributed by atoms with Crippen molar-refractivity contribution in [3.8, 4) is 0 Å². The number of nitrogens with one attached hydrogen (secondary N) is 4. The molecule has 47 heavy (non-hydrogen) atoms. The lowest BCUT2D eigenvalue weighted by atomic mass is 9.86. The number of anilines is 1. The van der Waals surface area contributed by atoms with Gasteiger partial charge >= 0.3 is 12.0 Å². The van der Waals surface area contributed by atoms with E-state index in [1.807, 2.05) is 62.3 Å². The van der Waals surface area contributed by atoms with Gasteiger partial charge in [-0.1, -0.05) is 74.4 Å². The Balaban J connectivity index is -0.000000877. The van der Waals surface area contributed by atoms with Crippen molar-refractivity contribution in [2.45, 2.75) is 108 Å². The number of hydrogen-bond donors (Lipinski definition) is 6. The molecule has 13 nitrogen and oxygen atoms in total. The Morgan fingerprint density at radius 3 is 1.83 bits per heavy atom. The zero-order chi connectivity index (χ0) is 37.2. The molecule has 1 aromatic rings. The third-order valence-electron chi connectivity index (χ3n) is 6.20. The first-order valence-corrected chi connectivity index (χ1v) is 16.1. The molecule has 13 heteroatoms. The van der Waals surface area contributed by atoms with E-state index in [1.54, 1.807) is 31.2 Å². The molecule has 1 rings (SSSR count). The highest BCUT2D eigenvalue weighted by Gasteiger charge is 2.25. The van der Waals surface area contributed by atoms with Gasteiger partial charge in [0.05, 0.1) is 6.54 Å². The fraction of sp³-hybridized carbons (Fsp3) is 0.647. The first-order valence-electron chi connectivity index (χ1n) is 16.1. The summed E-state index contributed by atoms with van der Waals surface area (Å²) in [5.74, 6) is -1.12. The molecule has 7 N–H and O–H groups in total. The number of hydrogen-bond acceptors (Lipinski definition) is 8. The van der Waals surface area contributed by atoms with Gasteiger partial charge in [-0.15, -0.1) is 0 Å². The van der Waals surface area contributed by atoms with Crippen LogP contribution in [0, 0.1) is 17.3 Å². The van der Waals surface area contributed by atoms with E-state index < -0.39 is 18.0 Å². The standard InChI is InChI=1S/C21H31N3O5.C7H14O2.C4H10N2O.C2H6/c1-13(2)10-18(26)24-20(14(3)4)21(28)22-11-19(27)23-17-8-6-16(7-9-17)12-29-15(5)25;1-6(9)7(2,3)4-5-8;1-2-3-6-4(5)7;1-2/h6-9,13-14,20H,10-12H2,1-5H3,(H,22,28)(H,23,27)(H,24,26);8H,4-5H2,1-3H3;2-3H2,1H3,(H3,5,6,7);1-2H3. The van der Waals surface area contributed by atoms with Gasteiger partial charge in [-0.05, 0) is 49.3 Å². The molecule has 5 amide bonds. The smallest absolute Gasteiger partial charge is 0.312 e. The second-order valence-corrected chi connectivity index (χ2v) is 11.8. The first kappa shape index (κ1) is 47.4. The van der Waals surface area contributed by atoms with E-state index >= 15 is 0 Å². The summed E-state index contributed by atoms with van der Waals surface area (Å²) in [6.45, 7) is 20.8. The molecule has 0 aromatic heterocycles. The number of carbonyl (C=O) groups excluding carboxylic acids is 6. The average molecular weight is 668 g/mol. The number of primary amides is 1. The van der Waals surface area contributed by atoms with Gasteiger partial charge < -0.3 is 36.8 Å². The summed E-state index contributed by atoms with van der Waals surface area (Å²) in [6.07, 6.45) is 1.83. The Labute approximate surface area is 281 Å². The summed E-state index contributed by atoms with van der Waals surface area (Å²) in [5, 5.41) is 18.9. The molecule has 0 fully saturated rings. The minimum atomic E-state index is -0.699. The number of esters is 1. The van der Waals surface area contributed by atoms with Gasteiger partial charge in [0, 0.05) is 37.6 Å². The van der Waals surface area contributed by atoms with E-state index in [2.05, 4.69) is 21.3 Å². The largest absolute Gasteiger partial charge is 0.461 e. The Bertz CT molecular complexity index is 1070. The van der Waals surface area contributed by atoms with Gasteiger partial charge in [0.25, 0.3) is 0 Å². The number of Topliss-reactive ketones (excluding diaryl/α,β-unsaturated/α-hetero) is 1. The van der Waals surface area contributed by atoms with Crippen molar-refractivity contribution in [2.75, 3.05) is 25.0 Å². The second kappa shape index (κ2) is 27.1. The van der Waals surface area contributed by atoms with Gasteiger partial charge in [-0.2, -0.15) is 0 Å². The Kier molecular flexibility index (Phi) is 27.4.